The topological polar surface area (TPSA) is 54.7 Å². The number of halogens is 3. The maximum atomic E-state index is 12.4. The highest BCUT2D eigenvalue weighted by molar-refractivity contribution is 5.29. The van der Waals surface area contributed by atoms with E-state index in [4.69, 9.17) is 5.73 Å². The van der Waals surface area contributed by atoms with Crippen LogP contribution in [0.5, 0.6) is 0 Å². The summed E-state index contributed by atoms with van der Waals surface area (Å²) in [6, 6.07) is 0. The third kappa shape index (κ3) is 1.50. The average molecular weight is 205 g/mol. The molecule has 1 aromatic heterocycles. The van der Waals surface area contributed by atoms with Gasteiger partial charge in [0.15, 0.2) is 0 Å². The second-order valence-electron chi connectivity index (χ2n) is 3.54. The molecule has 3 nitrogen and oxygen atoms in total. The molecule has 0 bridgehead atoms. The van der Waals surface area contributed by atoms with Gasteiger partial charge in [-0.1, -0.05) is 0 Å². The number of H-pyrrole nitrogens is 1. The van der Waals surface area contributed by atoms with Crippen molar-refractivity contribution in [1.82, 2.24) is 10.2 Å². The van der Waals surface area contributed by atoms with Crippen LogP contribution in [0.1, 0.15) is 23.6 Å². The number of hydrogen-bond acceptors (Lipinski definition) is 2. The Labute approximate surface area is 78.5 Å². The summed E-state index contributed by atoms with van der Waals surface area (Å²) in [5, 5.41) is 5.43. The lowest BCUT2D eigenvalue weighted by Gasteiger charge is -2.05. The summed E-state index contributed by atoms with van der Waals surface area (Å²) >= 11 is 0. The zero-order valence-electron chi connectivity index (χ0n) is 7.30. The fourth-order valence-electron chi connectivity index (χ4n) is 1.69. The van der Waals surface area contributed by atoms with E-state index in [0.29, 0.717) is 6.54 Å². The number of nitrogens with two attached hydrogens (primary N) is 1. The van der Waals surface area contributed by atoms with E-state index in [9.17, 15) is 13.2 Å². The van der Waals surface area contributed by atoms with E-state index in [-0.39, 0.29) is 17.4 Å². The molecule has 0 aromatic carbocycles. The van der Waals surface area contributed by atoms with Crippen molar-refractivity contribution in [2.75, 3.05) is 6.54 Å². The summed E-state index contributed by atoms with van der Waals surface area (Å²) < 4.78 is 37.2. The van der Waals surface area contributed by atoms with Crippen molar-refractivity contribution in [1.29, 1.82) is 0 Å². The van der Waals surface area contributed by atoms with Gasteiger partial charge in [0.25, 0.3) is 0 Å². The molecular formula is C8H10F3N3. The number of alkyl halides is 3. The Morgan fingerprint density at radius 2 is 2.29 bits per heavy atom. The van der Waals surface area contributed by atoms with E-state index < -0.39 is 11.9 Å². The monoisotopic (exact) mass is 205 g/mol. The van der Waals surface area contributed by atoms with Crippen LogP contribution in [0.25, 0.3) is 0 Å². The minimum Gasteiger partial charge on any atom is -0.330 e. The molecule has 1 aliphatic carbocycles. The lowest BCUT2D eigenvalue weighted by molar-refractivity contribution is -0.141. The normalized spacial score (nSPS) is 26.6. The summed E-state index contributed by atoms with van der Waals surface area (Å²) in [4.78, 5) is 0. The first kappa shape index (κ1) is 9.51. The van der Waals surface area contributed by atoms with Crippen LogP contribution in [0, 0.1) is 5.92 Å². The predicted octanol–water partition coefficient (Wildman–Crippen LogP) is 1.49. The van der Waals surface area contributed by atoms with Crippen molar-refractivity contribution in [2.24, 2.45) is 11.7 Å². The molecule has 0 radical (unpaired) electrons. The van der Waals surface area contributed by atoms with Crippen LogP contribution < -0.4 is 5.73 Å². The van der Waals surface area contributed by atoms with E-state index >= 15 is 0 Å². The van der Waals surface area contributed by atoms with Crippen LogP contribution in [-0.4, -0.2) is 16.7 Å². The Hall–Kier alpha value is -1.04. The minimum atomic E-state index is -4.34. The largest absolute Gasteiger partial charge is 0.433 e. The van der Waals surface area contributed by atoms with Gasteiger partial charge in [-0.3, -0.25) is 5.10 Å². The lowest BCUT2D eigenvalue weighted by atomic mass is 10.1. The standard InChI is InChI=1S/C8H10F3N3/c9-8(10,11)7-6(3-13-14-7)5-1-4(5)2-12/h3-5H,1-2,12H2,(H,13,14)/t4-,5+/m0/s1. The Kier molecular flexibility index (Phi) is 2.02. The molecule has 14 heavy (non-hydrogen) atoms. The molecule has 0 spiro atoms. The van der Waals surface area contributed by atoms with Crippen molar-refractivity contribution in [3.63, 3.8) is 0 Å². The maximum Gasteiger partial charge on any atom is 0.433 e. The van der Waals surface area contributed by atoms with E-state index in [1.807, 2.05) is 5.10 Å². The summed E-state index contributed by atoms with van der Waals surface area (Å²) in [5.74, 6) is 0.129. The third-order valence-corrected chi connectivity index (χ3v) is 2.58. The van der Waals surface area contributed by atoms with Crippen LogP contribution in [0.2, 0.25) is 0 Å². The van der Waals surface area contributed by atoms with Gasteiger partial charge in [0.2, 0.25) is 0 Å². The van der Waals surface area contributed by atoms with Crippen LogP contribution in [0.4, 0.5) is 13.2 Å². The van der Waals surface area contributed by atoms with E-state index in [2.05, 4.69) is 5.10 Å². The first-order valence-corrected chi connectivity index (χ1v) is 4.34. The molecule has 1 heterocycles. The predicted molar refractivity (Wildman–Crippen MR) is 43.5 cm³/mol. The fourth-order valence-corrected chi connectivity index (χ4v) is 1.69. The molecule has 1 aliphatic rings. The molecule has 1 fully saturated rings. The van der Waals surface area contributed by atoms with Crippen molar-refractivity contribution in [3.8, 4) is 0 Å². The number of aromatic amines is 1. The lowest BCUT2D eigenvalue weighted by Crippen LogP contribution is -2.09. The molecule has 2 atom stereocenters. The van der Waals surface area contributed by atoms with Gasteiger partial charge in [-0.15, -0.1) is 0 Å². The van der Waals surface area contributed by atoms with Gasteiger partial charge in [-0.2, -0.15) is 18.3 Å². The van der Waals surface area contributed by atoms with E-state index in [1.165, 1.54) is 6.20 Å². The molecular weight excluding hydrogens is 195 g/mol. The smallest absolute Gasteiger partial charge is 0.330 e. The van der Waals surface area contributed by atoms with Crippen molar-refractivity contribution in [2.45, 2.75) is 18.5 Å². The molecule has 1 aromatic rings. The quantitative estimate of drug-likeness (QED) is 0.768. The fraction of sp³-hybridized carbons (Fsp3) is 0.625. The van der Waals surface area contributed by atoms with Gasteiger partial charge >= 0.3 is 6.18 Å². The van der Waals surface area contributed by atoms with Gasteiger partial charge in [0.1, 0.15) is 5.69 Å². The Morgan fingerprint density at radius 3 is 2.79 bits per heavy atom. The van der Waals surface area contributed by atoms with E-state index in [0.717, 1.165) is 6.42 Å². The zero-order valence-corrected chi connectivity index (χ0v) is 7.30. The summed E-state index contributed by atoms with van der Waals surface area (Å²) in [6.45, 7) is 0.438. The van der Waals surface area contributed by atoms with Crippen molar-refractivity contribution in [3.05, 3.63) is 17.5 Å². The Balaban J connectivity index is 2.24. The second kappa shape index (κ2) is 2.98. The van der Waals surface area contributed by atoms with Gasteiger partial charge < -0.3 is 5.73 Å². The molecule has 0 unspecified atom stereocenters. The highest BCUT2D eigenvalue weighted by atomic mass is 19.4. The van der Waals surface area contributed by atoms with Crippen LogP contribution in [-0.2, 0) is 6.18 Å². The van der Waals surface area contributed by atoms with Crippen molar-refractivity contribution >= 4 is 0 Å². The number of nitrogens with one attached hydrogen (secondary N) is 1. The summed E-state index contributed by atoms with van der Waals surface area (Å²) in [7, 11) is 0. The number of aromatic nitrogens is 2. The van der Waals surface area contributed by atoms with Crippen LogP contribution in [0.15, 0.2) is 6.20 Å². The van der Waals surface area contributed by atoms with Gasteiger partial charge in [-0.05, 0) is 24.8 Å². The molecule has 0 saturated heterocycles. The maximum absolute atomic E-state index is 12.4. The first-order chi connectivity index (χ1) is 6.54. The molecule has 3 N–H and O–H groups in total. The molecule has 6 heteroatoms. The third-order valence-electron chi connectivity index (χ3n) is 2.58. The van der Waals surface area contributed by atoms with Crippen LogP contribution in [0.3, 0.4) is 0 Å². The van der Waals surface area contributed by atoms with Crippen LogP contribution >= 0.6 is 0 Å². The summed E-state index contributed by atoms with van der Waals surface area (Å²) in [5.41, 5.74) is 4.91. The van der Waals surface area contributed by atoms with Crippen molar-refractivity contribution < 1.29 is 13.2 Å². The Morgan fingerprint density at radius 1 is 1.57 bits per heavy atom. The zero-order chi connectivity index (χ0) is 10.3. The highest BCUT2D eigenvalue weighted by Crippen LogP contribution is 2.49. The minimum absolute atomic E-state index is 0.0598. The number of rotatable bonds is 2. The number of hydrogen-bond donors (Lipinski definition) is 2. The first-order valence-electron chi connectivity index (χ1n) is 4.34. The van der Waals surface area contributed by atoms with E-state index in [1.54, 1.807) is 0 Å². The molecule has 0 aliphatic heterocycles. The molecule has 78 valence electrons. The van der Waals surface area contributed by atoms with Gasteiger partial charge in [-0.25, -0.2) is 0 Å². The summed E-state index contributed by atoms with van der Waals surface area (Å²) in [6.07, 6.45) is -2.35. The molecule has 0 amide bonds. The number of nitrogens with zero attached hydrogens (tertiary/aromatic N) is 1. The SMILES string of the molecule is NC[C@@H]1C[C@H]1c1cn[nH]c1C(F)(F)F. The second-order valence-corrected chi connectivity index (χ2v) is 3.54. The molecule has 1 saturated carbocycles. The van der Waals surface area contributed by atoms with Gasteiger partial charge in [0.05, 0.1) is 6.20 Å². The average Bonchev–Trinajstić information content (AvgIpc) is 2.70. The highest BCUT2D eigenvalue weighted by Gasteiger charge is 2.45. The Bertz CT molecular complexity index is 331. The molecule has 2 rings (SSSR count). The van der Waals surface area contributed by atoms with Gasteiger partial charge in [0, 0.05) is 5.56 Å².